The van der Waals surface area contributed by atoms with Crippen LogP contribution in [0.1, 0.15) is 15.9 Å². The number of aromatic nitrogens is 1. The molecule has 1 amide bonds. The largest absolute Gasteiger partial charge is 0.354 e. The first-order valence-electron chi connectivity index (χ1n) is 7.53. The number of nitriles is 1. The average molecular weight is 383 g/mol. The molecule has 0 bridgehead atoms. The van der Waals surface area contributed by atoms with Crippen molar-refractivity contribution >= 4 is 46.2 Å². The lowest BCUT2D eigenvalue weighted by Gasteiger charge is -2.09. The molecular formula is C19H12Cl2N4O. The molecule has 2 aromatic carbocycles. The van der Waals surface area contributed by atoms with Gasteiger partial charge in [-0.1, -0.05) is 23.2 Å². The number of halogens is 2. The van der Waals surface area contributed by atoms with Crippen LogP contribution in [0.4, 0.5) is 17.1 Å². The fourth-order valence-electron chi connectivity index (χ4n) is 2.26. The number of benzene rings is 2. The molecule has 2 N–H and O–H groups in total. The Kier molecular flexibility index (Phi) is 5.37. The molecule has 3 rings (SSSR count). The third-order valence-corrected chi connectivity index (χ3v) is 3.86. The van der Waals surface area contributed by atoms with Crippen molar-refractivity contribution in [1.29, 1.82) is 5.26 Å². The highest BCUT2D eigenvalue weighted by Gasteiger charge is 2.09. The van der Waals surface area contributed by atoms with Crippen LogP contribution in [0.2, 0.25) is 10.0 Å². The van der Waals surface area contributed by atoms with E-state index >= 15 is 0 Å². The first-order valence-corrected chi connectivity index (χ1v) is 8.29. The highest BCUT2D eigenvalue weighted by atomic mass is 35.5. The van der Waals surface area contributed by atoms with E-state index in [2.05, 4.69) is 21.7 Å². The van der Waals surface area contributed by atoms with Gasteiger partial charge in [-0.15, -0.1) is 0 Å². The summed E-state index contributed by atoms with van der Waals surface area (Å²) in [5.41, 5.74) is 2.87. The van der Waals surface area contributed by atoms with Crippen LogP contribution in [0.15, 0.2) is 60.9 Å². The van der Waals surface area contributed by atoms with Gasteiger partial charge in [-0.25, -0.2) is 0 Å². The second kappa shape index (κ2) is 7.87. The lowest BCUT2D eigenvalue weighted by Crippen LogP contribution is -2.12. The van der Waals surface area contributed by atoms with Crippen molar-refractivity contribution in [2.45, 2.75) is 0 Å². The first-order chi connectivity index (χ1) is 12.5. The molecular weight excluding hydrogens is 371 g/mol. The van der Waals surface area contributed by atoms with Crippen molar-refractivity contribution < 1.29 is 4.79 Å². The topological polar surface area (TPSA) is 77.8 Å². The summed E-state index contributed by atoms with van der Waals surface area (Å²) in [6, 6.07) is 15.5. The number of carbonyl (C=O) groups is 1. The van der Waals surface area contributed by atoms with Gasteiger partial charge < -0.3 is 10.6 Å². The van der Waals surface area contributed by atoms with Gasteiger partial charge in [0.2, 0.25) is 0 Å². The number of carbonyl (C=O) groups excluding carboxylic acids is 1. The van der Waals surface area contributed by atoms with Crippen LogP contribution in [0, 0.1) is 11.3 Å². The molecule has 3 aromatic rings. The number of amides is 1. The molecule has 7 heteroatoms. The zero-order valence-corrected chi connectivity index (χ0v) is 14.8. The number of hydrogen-bond donors (Lipinski definition) is 2. The molecule has 0 saturated carbocycles. The minimum Gasteiger partial charge on any atom is -0.354 e. The molecule has 0 saturated heterocycles. The number of pyridine rings is 1. The van der Waals surface area contributed by atoms with Gasteiger partial charge in [0, 0.05) is 27.6 Å². The van der Waals surface area contributed by atoms with Gasteiger partial charge in [0.15, 0.2) is 0 Å². The molecule has 0 fully saturated rings. The van der Waals surface area contributed by atoms with Gasteiger partial charge in [0.05, 0.1) is 29.1 Å². The highest BCUT2D eigenvalue weighted by Crippen LogP contribution is 2.23. The van der Waals surface area contributed by atoms with Crippen molar-refractivity contribution in [1.82, 2.24) is 4.98 Å². The predicted molar refractivity (Wildman–Crippen MR) is 103 cm³/mol. The standard InChI is InChI=1S/C19H12Cl2N4O/c20-14-6-15(21)8-17(7-14)25-19(26)13-5-18(11-23-10-13)24-16-3-1-12(9-22)2-4-16/h1-8,10-11,24H,(H,25,26). The van der Waals surface area contributed by atoms with E-state index < -0.39 is 0 Å². The lowest BCUT2D eigenvalue weighted by atomic mass is 10.2. The maximum atomic E-state index is 12.4. The van der Waals surface area contributed by atoms with Gasteiger partial charge in [-0.3, -0.25) is 9.78 Å². The van der Waals surface area contributed by atoms with Gasteiger partial charge >= 0.3 is 0 Å². The monoisotopic (exact) mass is 382 g/mol. The number of hydrogen-bond acceptors (Lipinski definition) is 4. The maximum absolute atomic E-state index is 12.4. The van der Waals surface area contributed by atoms with Crippen LogP contribution in [0.3, 0.4) is 0 Å². The zero-order chi connectivity index (χ0) is 18.5. The van der Waals surface area contributed by atoms with E-state index in [4.69, 9.17) is 28.5 Å². The summed E-state index contributed by atoms with van der Waals surface area (Å²) in [5, 5.41) is 15.6. The van der Waals surface area contributed by atoms with E-state index in [1.54, 1.807) is 54.7 Å². The van der Waals surface area contributed by atoms with Gasteiger partial charge in [0.25, 0.3) is 5.91 Å². The van der Waals surface area contributed by atoms with Gasteiger partial charge in [-0.05, 0) is 48.5 Å². The molecule has 0 unspecified atom stereocenters. The van der Waals surface area contributed by atoms with E-state index in [0.29, 0.717) is 32.5 Å². The summed E-state index contributed by atoms with van der Waals surface area (Å²) in [7, 11) is 0. The Balaban J connectivity index is 1.75. The maximum Gasteiger partial charge on any atom is 0.257 e. The predicted octanol–water partition coefficient (Wildman–Crippen LogP) is 5.26. The molecule has 26 heavy (non-hydrogen) atoms. The summed E-state index contributed by atoms with van der Waals surface area (Å²) < 4.78 is 0. The van der Waals surface area contributed by atoms with Crippen LogP contribution in [0.25, 0.3) is 0 Å². The SMILES string of the molecule is N#Cc1ccc(Nc2cncc(C(=O)Nc3cc(Cl)cc(Cl)c3)c2)cc1. The Morgan fingerprint density at radius 3 is 2.27 bits per heavy atom. The second-order valence-electron chi connectivity index (χ2n) is 5.39. The van der Waals surface area contributed by atoms with Crippen molar-refractivity contribution in [3.05, 3.63) is 82.1 Å². The zero-order valence-electron chi connectivity index (χ0n) is 13.3. The van der Waals surface area contributed by atoms with Crippen LogP contribution < -0.4 is 10.6 Å². The van der Waals surface area contributed by atoms with Crippen molar-refractivity contribution in [3.8, 4) is 6.07 Å². The number of nitrogens with one attached hydrogen (secondary N) is 2. The Morgan fingerprint density at radius 2 is 1.62 bits per heavy atom. The Morgan fingerprint density at radius 1 is 0.923 bits per heavy atom. The lowest BCUT2D eigenvalue weighted by molar-refractivity contribution is 0.102. The quantitative estimate of drug-likeness (QED) is 0.645. The molecule has 1 aromatic heterocycles. The normalized spacial score (nSPS) is 10.0. The molecule has 0 atom stereocenters. The molecule has 128 valence electrons. The minimum atomic E-state index is -0.334. The molecule has 0 radical (unpaired) electrons. The summed E-state index contributed by atoms with van der Waals surface area (Å²) in [6.45, 7) is 0. The highest BCUT2D eigenvalue weighted by molar-refractivity contribution is 6.35. The Hall–Kier alpha value is -3.07. The van der Waals surface area contributed by atoms with Crippen molar-refractivity contribution in [2.75, 3.05) is 10.6 Å². The fourth-order valence-corrected chi connectivity index (χ4v) is 2.78. The van der Waals surface area contributed by atoms with E-state index in [0.717, 1.165) is 5.69 Å². The third-order valence-electron chi connectivity index (χ3n) is 3.42. The van der Waals surface area contributed by atoms with Crippen LogP contribution >= 0.6 is 23.2 Å². The molecule has 0 aliphatic carbocycles. The average Bonchev–Trinajstić information content (AvgIpc) is 2.62. The number of rotatable bonds is 4. The fraction of sp³-hybridized carbons (Fsp3) is 0. The Labute approximate surface area is 160 Å². The molecule has 5 nitrogen and oxygen atoms in total. The molecule has 0 aliphatic heterocycles. The van der Waals surface area contributed by atoms with Crippen LogP contribution in [0.5, 0.6) is 0 Å². The van der Waals surface area contributed by atoms with Gasteiger partial charge in [0.1, 0.15) is 0 Å². The summed E-state index contributed by atoms with van der Waals surface area (Å²) in [4.78, 5) is 16.5. The van der Waals surface area contributed by atoms with E-state index in [1.165, 1.54) is 6.20 Å². The summed E-state index contributed by atoms with van der Waals surface area (Å²) >= 11 is 11.9. The number of nitrogens with zero attached hydrogens (tertiary/aromatic N) is 2. The third kappa shape index (κ3) is 4.51. The van der Waals surface area contributed by atoms with Crippen LogP contribution in [-0.2, 0) is 0 Å². The van der Waals surface area contributed by atoms with E-state index in [-0.39, 0.29) is 5.91 Å². The van der Waals surface area contributed by atoms with Gasteiger partial charge in [-0.2, -0.15) is 5.26 Å². The summed E-state index contributed by atoms with van der Waals surface area (Å²) in [5.74, 6) is -0.334. The number of anilines is 3. The smallest absolute Gasteiger partial charge is 0.257 e. The molecule has 0 aliphatic rings. The molecule has 0 spiro atoms. The van der Waals surface area contributed by atoms with E-state index in [9.17, 15) is 4.79 Å². The van der Waals surface area contributed by atoms with Crippen molar-refractivity contribution in [3.63, 3.8) is 0 Å². The summed E-state index contributed by atoms with van der Waals surface area (Å²) in [6.07, 6.45) is 3.07. The molecule has 1 heterocycles. The minimum absolute atomic E-state index is 0.334. The van der Waals surface area contributed by atoms with Crippen molar-refractivity contribution in [2.24, 2.45) is 0 Å². The first kappa shape index (κ1) is 17.7. The second-order valence-corrected chi connectivity index (χ2v) is 6.26. The Bertz CT molecular complexity index is 977. The van der Waals surface area contributed by atoms with Crippen LogP contribution in [-0.4, -0.2) is 10.9 Å². The van der Waals surface area contributed by atoms with E-state index in [1.807, 2.05) is 0 Å².